The molecular formula is C20H18F2N2O4. The smallest absolute Gasteiger partial charge is 0.387 e. The largest absolute Gasteiger partial charge is 0.493 e. The van der Waals surface area contributed by atoms with Gasteiger partial charge in [-0.05, 0) is 30.7 Å². The molecule has 1 amide bonds. The number of nitrogens with one attached hydrogen (secondary N) is 2. The number of rotatable bonds is 7. The number of hydrogen-bond acceptors (Lipinski definition) is 4. The van der Waals surface area contributed by atoms with Gasteiger partial charge in [-0.15, -0.1) is 0 Å². The monoisotopic (exact) mass is 388 g/mol. The fourth-order valence-electron chi connectivity index (χ4n) is 2.96. The molecule has 0 aliphatic rings. The van der Waals surface area contributed by atoms with E-state index in [1.54, 1.807) is 19.1 Å². The normalized spacial score (nSPS) is 10.9. The molecule has 0 aliphatic heterocycles. The SMILES string of the molecule is COc1cc(CNC(=O)C(=O)c2c(C)[nH]c3ccccc23)ccc1OC(F)F. The zero-order chi connectivity index (χ0) is 20.3. The molecule has 28 heavy (non-hydrogen) atoms. The zero-order valence-corrected chi connectivity index (χ0v) is 15.2. The molecular weight excluding hydrogens is 370 g/mol. The Balaban J connectivity index is 1.73. The fourth-order valence-corrected chi connectivity index (χ4v) is 2.96. The summed E-state index contributed by atoms with van der Waals surface area (Å²) in [6, 6.07) is 11.5. The second-order valence-corrected chi connectivity index (χ2v) is 6.05. The van der Waals surface area contributed by atoms with Gasteiger partial charge >= 0.3 is 6.61 Å². The molecule has 1 aromatic heterocycles. The molecule has 2 N–H and O–H groups in total. The van der Waals surface area contributed by atoms with E-state index in [1.807, 2.05) is 12.1 Å². The predicted octanol–water partition coefficient (Wildman–Crippen LogP) is 3.59. The number of alkyl halides is 2. The second-order valence-electron chi connectivity index (χ2n) is 6.05. The Morgan fingerprint density at radius 2 is 1.89 bits per heavy atom. The summed E-state index contributed by atoms with van der Waals surface area (Å²) in [6.45, 7) is -1.22. The Hall–Kier alpha value is -3.42. The molecule has 8 heteroatoms. The molecule has 0 saturated carbocycles. The summed E-state index contributed by atoms with van der Waals surface area (Å²) in [5.41, 5.74) is 2.27. The van der Waals surface area contributed by atoms with E-state index in [2.05, 4.69) is 15.0 Å². The van der Waals surface area contributed by atoms with Crippen molar-refractivity contribution in [2.45, 2.75) is 20.1 Å². The maximum absolute atomic E-state index is 12.6. The molecule has 0 atom stereocenters. The summed E-state index contributed by atoms with van der Waals surface area (Å²) in [4.78, 5) is 28.0. The zero-order valence-electron chi connectivity index (χ0n) is 15.2. The van der Waals surface area contributed by atoms with Gasteiger partial charge in [-0.3, -0.25) is 9.59 Å². The topological polar surface area (TPSA) is 80.4 Å². The van der Waals surface area contributed by atoms with Gasteiger partial charge in [0.05, 0.1) is 12.7 Å². The van der Waals surface area contributed by atoms with Crippen molar-refractivity contribution in [2.75, 3.05) is 7.11 Å². The van der Waals surface area contributed by atoms with Crippen molar-refractivity contribution in [2.24, 2.45) is 0 Å². The van der Waals surface area contributed by atoms with E-state index in [-0.39, 0.29) is 18.0 Å². The summed E-state index contributed by atoms with van der Waals surface area (Å²) in [5.74, 6) is -1.43. The van der Waals surface area contributed by atoms with E-state index in [0.29, 0.717) is 22.2 Å². The first-order valence-electron chi connectivity index (χ1n) is 8.42. The second kappa shape index (κ2) is 8.08. The first-order valence-corrected chi connectivity index (χ1v) is 8.42. The molecule has 0 spiro atoms. The third-order valence-electron chi connectivity index (χ3n) is 4.22. The lowest BCUT2D eigenvalue weighted by molar-refractivity contribution is -0.117. The van der Waals surface area contributed by atoms with Gasteiger partial charge in [-0.2, -0.15) is 8.78 Å². The van der Waals surface area contributed by atoms with Crippen LogP contribution in [0.2, 0.25) is 0 Å². The number of carbonyl (C=O) groups is 2. The number of ether oxygens (including phenoxy) is 2. The van der Waals surface area contributed by atoms with Crippen LogP contribution in [-0.2, 0) is 11.3 Å². The van der Waals surface area contributed by atoms with Crippen molar-refractivity contribution < 1.29 is 27.8 Å². The minimum Gasteiger partial charge on any atom is -0.493 e. The molecule has 0 bridgehead atoms. The van der Waals surface area contributed by atoms with E-state index in [0.717, 1.165) is 5.52 Å². The van der Waals surface area contributed by atoms with Crippen LogP contribution in [0.5, 0.6) is 11.5 Å². The standard InChI is InChI=1S/C20H18F2N2O4/c1-11-17(13-5-3-4-6-14(13)24-11)18(25)19(26)23-10-12-7-8-15(28-20(21)22)16(9-12)27-2/h3-9,20,24H,10H2,1-2H3,(H,23,26). The lowest BCUT2D eigenvalue weighted by Gasteiger charge is -2.12. The van der Waals surface area contributed by atoms with Gasteiger partial charge in [-0.1, -0.05) is 24.3 Å². The number of aryl methyl sites for hydroxylation is 1. The van der Waals surface area contributed by atoms with Gasteiger partial charge in [0.15, 0.2) is 11.5 Å². The number of aromatic nitrogens is 1. The Morgan fingerprint density at radius 1 is 1.14 bits per heavy atom. The van der Waals surface area contributed by atoms with E-state index < -0.39 is 18.3 Å². The number of hydrogen-bond donors (Lipinski definition) is 2. The molecule has 6 nitrogen and oxygen atoms in total. The highest BCUT2D eigenvalue weighted by atomic mass is 19.3. The lowest BCUT2D eigenvalue weighted by Crippen LogP contribution is -2.30. The highest BCUT2D eigenvalue weighted by molar-refractivity contribution is 6.45. The van der Waals surface area contributed by atoms with Gasteiger partial charge in [-0.25, -0.2) is 0 Å². The molecule has 3 rings (SSSR count). The molecule has 3 aromatic rings. The highest BCUT2D eigenvalue weighted by Crippen LogP contribution is 2.29. The number of benzene rings is 2. The first kappa shape index (κ1) is 19.3. The summed E-state index contributed by atoms with van der Waals surface area (Å²) in [6.07, 6.45) is 0. The van der Waals surface area contributed by atoms with Crippen LogP contribution in [0.4, 0.5) is 8.78 Å². The van der Waals surface area contributed by atoms with Crippen molar-refractivity contribution in [3.63, 3.8) is 0 Å². The van der Waals surface area contributed by atoms with Crippen LogP contribution in [0.3, 0.4) is 0 Å². The maximum Gasteiger partial charge on any atom is 0.387 e. The van der Waals surface area contributed by atoms with Crippen molar-refractivity contribution in [3.05, 3.63) is 59.3 Å². The molecule has 0 radical (unpaired) electrons. The molecule has 2 aromatic carbocycles. The quantitative estimate of drug-likeness (QED) is 0.479. The van der Waals surface area contributed by atoms with Crippen LogP contribution in [0.25, 0.3) is 10.9 Å². The third-order valence-corrected chi connectivity index (χ3v) is 4.22. The van der Waals surface area contributed by atoms with Crippen LogP contribution in [-0.4, -0.2) is 30.4 Å². The van der Waals surface area contributed by atoms with Crippen LogP contribution in [0, 0.1) is 6.92 Å². The minimum absolute atomic E-state index is 0.0251. The predicted molar refractivity (Wildman–Crippen MR) is 98.8 cm³/mol. The Morgan fingerprint density at radius 3 is 2.61 bits per heavy atom. The van der Waals surface area contributed by atoms with Crippen molar-refractivity contribution >= 4 is 22.6 Å². The number of H-pyrrole nitrogens is 1. The summed E-state index contributed by atoms with van der Waals surface area (Å²) >= 11 is 0. The number of methoxy groups -OCH3 is 1. The summed E-state index contributed by atoms with van der Waals surface area (Å²) in [7, 11) is 1.32. The molecule has 146 valence electrons. The summed E-state index contributed by atoms with van der Waals surface area (Å²) < 4.78 is 34.1. The number of para-hydroxylation sites is 1. The number of halogens is 2. The number of amides is 1. The molecule has 0 unspecified atom stereocenters. The van der Waals surface area contributed by atoms with Gasteiger partial charge < -0.3 is 19.8 Å². The maximum atomic E-state index is 12.6. The average Bonchev–Trinajstić information content (AvgIpc) is 3.01. The number of carbonyl (C=O) groups excluding carboxylic acids is 2. The van der Waals surface area contributed by atoms with Gasteiger partial charge in [0.25, 0.3) is 11.7 Å². The number of fused-ring (bicyclic) bond motifs is 1. The molecule has 0 aliphatic carbocycles. The Labute approximate surface area is 159 Å². The first-order chi connectivity index (χ1) is 13.4. The van der Waals surface area contributed by atoms with Crippen molar-refractivity contribution in [1.82, 2.24) is 10.3 Å². The Bertz CT molecular complexity index is 1030. The number of ketones is 1. The van der Waals surface area contributed by atoms with E-state index in [9.17, 15) is 18.4 Å². The van der Waals surface area contributed by atoms with Crippen molar-refractivity contribution in [3.8, 4) is 11.5 Å². The van der Waals surface area contributed by atoms with Gasteiger partial charge in [0.1, 0.15) is 0 Å². The average molecular weight is 388 g/mol. The number of Topliss-reactive ketones (excluding diaryl/α,β-unsaturated/α-hetero) is 1. The fraction of sp³-hybridized carbons (Fsp3) is 0.200. The van der Waals surface area contributed by atoms with E-state index in [4.69, 9.17) is 4.74 Å². The number of aromatic amines is 1. The van der Waals surface area contributed by atoms with Crippen LogP contribution in [0.15, 0.2) is 42.5 Å². The van der Waals surface area contributed by atoms with Crippen LogP contribution >= 0.6 is 0 Å². The van der Waals surface area contributed by atoms with Gasteiger partial charge in [0.2, 0.25) is 0 Å². The molecule has 0 saturated heterocycles. The lowest BCUT2D eigenvalue weighted by atomic mass is 10.1. The Kier molecular flexibility index (Phi) is 5.58. The van der Waals surface area contributed by atoms with E-state index in [1.165, 1.54) is 25.3 Å². The van der Waals surface area contributed by atoms with E-state index >= 15 is 0 Å². The molecule has 0 fully saturated rings. The summed E-state index contributed by atoms with van der Waals surface area (Å²) in [5, 5.41) is 3.22. The van der Waals surface area contributed by atoms with Crippen LogP contribution < -0.4 is 14.8 Å². The van der Waals surface area contributed by atoms with Gasteiger partial charge in [0, 0.05) is 23.1 Å². The third kappa shape index (κ3) is 3.95. The molecule has 1 heterocycles. The highest BCUT2D eigenvalue weighted by Gasteiger charge is 2.22. The van der Waals surface area contributed by atoms with Crippen LogP contribution in [0.1, 0.15) is 21.6 Å². The van der Waals surface area contributed by atoms with Crippen molar-refractivity contribution in [1.29, 1.82) is 0 Å². The minimum atomic E-state index is -2.98.